The number of carbonyl (C=O) groups excluding carboxylic acids is 4. The number of allylic oxidation sites excluding steroid dienone is 2. The molecule has 1 saturated carbocycles. The lowest BCUT2D eigenvalue weighted by Gasteiger charge is -2.50. The summed E-state index contributed by atoms with van der Waals surface area (Å²) in [6.07, 6.45) is 2.09. The molecule has 6 unspecified atom stereocenters. The number of fused-ring (bicyclic) bond motifs is 4. The quantitative estimate of drug-likeness (QED) is 0.0941. The maximum absolute atomic E-state index is 15.3. The molecule has 13 heteroatoms. The Morgan fingerprint density at radius 2 is 1.66 bits per heavy atom. The number of halogens is 1. The zero-order chi connectivity index (χ0) is 37.3. The molecule has 4 aromatic rings. The first-order valence-corrected chi connectivity index (χ1v) is 17.5. The molecule has 4 aliphatic rings. The summed E-state index contributed by atoms with van der Waals surface area (Å²) in [4.78, 5) is 70.7. The van der Waals surface area contributed by atoms with Gasteiger partial charge in [-0.05, 0) is 67.1 Å². The van der Waals surface area contributed by atoms with Crippen molar-refractivity contribution in [3.63, 3.8) is 0 Å². The van der Waals surface area contributed by atoms with Crippen molar-refractivity contribution >= 4 is 52.3 Å². The maximum atomic E-state index is 15.3. The number of ether oxygens (including phenoxy) is 1. The molecule has 2 aliphatic carbocycles. The summed E-state index contributed by atoms with van der Waals surface area (Å²) in [5.41, 5.74) is 4.55. The van der Waals surface area contributed by atoms with Crippen molar-refractivity contribution in [1.82, 2.24) is 5.01 Å². The van der Waals surface area contributed by atoms with Gasteiger partial charge in [0.25, 0.3) is 17.5 Å². The van der Waals surface area contributed by atoms with Gasteiger partial charge < -0.3 is 9.84 Å². The Morgan fingerprint density at radius 3 is 2.36 bits per heavy atom. The minimum atomic E-state index is -1.55. The topological polar surface area (TPSA) is 159 Å². The molecule has 3 fully saturated rings. The number of nitrogens with zero attached hydrogens (tertiary/aromatic N) is 3. The van der Waals surface area contributed by atoms with E-state index in [0.717, 1.165) is 15.5 Å². The molecular weight excluding hydrogens is 700 g/mol. The molecular formula is C40H33ClN4O8. The van der Waals surface area contributed by atoms with Gasteiger partial charge in [-0.3, -0.25) is 34.7 Å². The van der Waals surface area contributed by atoms with Gasteiger partial charge in [0.05, 0.1) is 51.6 Å². The number of rotatable bonds is 7. The van der Waals surface area contributed by atoms with E-state index >= 15 is 4.79 Å². The van der Waals surface area contributed by atoms with Gasteiger partial charge >= 0.3 is 0 Å². The summed E-state index contributed by atoms with van der Waals surface area (Å²) in [6, 6.07) is 24.8. The number of nitrogens with one attached hydrogen (secondary N) is 1. The minimum absolute atomic E-state index is 0.0362. The second-order valence-electron chi connectivity index (χ2n) is 13.9. The number of hydrogen-bond donors (Lipinski definition) is 2. The average molecular weight is 733 g/mol. The van der Waals surface area contributed by atoms with E-state index in [1.54, 1.807) is 48.5 Å². The number of nitro groups is 1. The number of imide groups is 2. The number of phenols is 1. The molecule has 4 aromatic carbocycles. The molecule has 2 heterocycles. The molecule has 0 radical (unpaired) electrons. The summed E-state index contributed by atoms with van der Waals surface area (Å²) in [6.45, 7) is 1.93. The highest BCUT2D eigenvalue weighted by Gasteiger charge is 2.70. The lowest BCUT2D eigenvalue weighted by atomic mass is 9.49. The zero-order valence-corrected chi connectivity index (χ0v) is 29.3. The van der Waals surface area contributed by atoms with Gasteiger partial charge in [-0.25, -0.2) is 4.90 Å². The average Bonchev–Trinajstić information content (AvgIpc) is 3.54. The summed E-state index contributed by atoms with van der Waals surface area (Å²) >= 11 is 6.62. The smallest absolute Gasteiger partial charge is 0.271 e. The zero-order valence-electron chi connectivity index (χ0n) is 28.6. The molecule has 4 amide bonds. The second-order valence-corrected chi connectivity index (χ2v) is 14.3. The van der Waals surface area contributed by atoms with Crippen LogP contribution < -0.4 is 15.1 Å². The van der Waals surface area contributed by atoms with Crippen LogP contribution in [0.5, 0.6) is 11.5 Å². The first-order chi connectivity index (χ1) is 25.5. The van der Waals surface area contributed by atoms with Gasteiger partial charge in [0.15, 0.2) is 11.5 Å². The van der Waals surface area contributed by atoms with Gasteiger partial charge in [0.2, 0.25) is 11.8 Å². The van der Waals surface area contributed by atoms with Crippen LogP contribution in [0, 0.1) is 40.7 Å². The van der Waals surface area contributed by atoms with E-state index in [1.165, 1.54) is 31.4 Å². The Morgan fingerprint density at radius 1 is 0.925 bits per heavy atom. The Labute approximate surface area is 308 Å². The number of amides is 4. The second kappa shape index (κ2) is 12.6. The molecule has 268 valence electrons. The Balaban J connectivity index is 1.33. The highest BCUT2D eigenvalue weighted by atomic mass is 35.5. The Kier molecular flexibility index (Phi) is 8.10. The number of methoxy groups -OCH3 is 1. The van der Waals surface area contributed by atoms with Gasteiger partial charge in [-0.1, -0.05) is 77.3 Å². The fourth-order valence-electron chi connectivity index (χ4n) is 9.04. The minimum Gasteiger partial charge on any atom is -0.503 e. The van der Waals surface area contributed by atoms with Crippen LogP contribution >= 0.6 is 11.6 Å². The number of non-ortho nitro benzene ring substituents is 1. The van der Waals surface area contributed by atoms with E-state index in [1.807, 2.05) is 31.2 Å². The van der Waals surface area contributed by atoms with E-state index in [9.17, 15) is 29.6 Å². The van der Waals surface area contributed by atoms with Crippen molar-refractivity contribution in [3.05, 3.63) is 134 Å². The molecule has 53 heavy (non-hydrogen) atoms. The molecule has 2 aliphatic heterocycles. The number of aromatic hydroxyl groups is 1. The number of anilines is 2. The van der Waals surface area contributed by atoms with Crippen LogP contribution in [0.1, 0.15) is 35.4 Å². The number of carbonyl (C=O) groups is 4. The highest BCUT2D eigenvalue weighted by molar-refractivity contribution is 6.32. The van der Waals surface area contributed by atoms with Crippen molar-refractivity contribution in [2.75, 3.05) is 17.4 Å². The molecule has 2 saturated heterocycles. The van der Waals surface area contributed by atoms with E-state index < -0.39 is 63.6 Å². The fourth-order valence-corrected chi connectivity index (χ4v) is 9.26. The lowest BCUT2D eigenvalue weighted by Crippen LogP contribution is -2.53. The van der Waals surface area contributed by atoms with Gasteiger partial charge in [-0.15, -0.1) is 0 Å². The molecule has 2 N–H and O–H groups in total. The van der Waals surface area contributed by atoms with Crippen LogP contribution in [0.4, 0.5) is 17.1 Å². The van der Waals surface area contributed by atoms with Crippen LogP contribution in [-0.2, 0) is 24.6 Å². The molecule has 0 bridgehead atoms. The number of aryl methyl sites for hydroxylation is 1. The normalized spacial score (nSPS) is 26.2. The van der Waals surface area contributed by atoms with Crippen LogP contribution in [-0.4, -0.2) is 45.8 Å². The summed E-state index contributed by atoms with van der Waals surface area (Å²) < 4.78 is 5.51. The van der Waals surface area contributed by atoms with Crippen LogP contribution in [0.15, 0.2) is 103 Å². The van der Waals surface area contributed by atoms with Gasteiger partial charge in [0, 0.05) is 18.1 Å². The van der Waals surface area contributed by atoms with Crippen molar-refractivity contribution in [2.45, 2.75) is 31.1 Å². The van der Waals surface area contributed by atoms with E-state index in [-0.39, 0.29) is 40.7 Å². The summed E-state index contributed by atoms with van der Waals surface area (Å²) in [5, 5.41) is 23.4. The molecule has 6 atom stereocenters. The number of nitro benzene ring substituents is 1. The van der Waals surface area contributed by atoms with Crippen molar-refractivity contribution in [1.29, 1.82) is 0 Å². The molecule has 0 spiro atoms. The number of phenolic OH excluding ortho intramolecular Hbond substituents is 1. The third-order valence-corrected chi connectivity index (χ3v) is 11.6. The third kappa shape index (κ3) is 5.03. The molecule has 0 aromatic heterocycles. The number of benzene rings is 4. The Hall–Kier alpha value is -6.01. The SMILES string of the molecule is COc1cc(C2C3=CCC4C(=O)N(c5cccc([N+](=O)[O-])c5)C(=O)C4C3CC3C(=O)N(Nc4ccc(C)cc4)C(=O)C32c2ccccc2)cc(Cl)c1O. The summed E-state index contributed by atoms with van der Waals surface area (Å²) in [5.74, 6) is -6.61. The lowest BCUT2D eigenvalue weighted by molar-refractivity contribution is -0.384. The largest absolute Gasteiger partial charge is 0.503 e. The van der Waals surface area contributed by atoms with Gasteiger partial charge in [0.1, 0.15) is 0 Å². The maximum Gasteiger partial charge on any atom is 0.271 e. The molecule has 12 nitrogen and oxygen atoms in total. The molecule has 8 rings (SSSR count). The van der Waals surface area contributed by atoms with Crippen LogP contribution in [0.25, 0.3) is 0 Å². The number of hydrazine groups is 1. The first kappa shape index (κ1) is 34.1. The van der Waals surface area contributed by atoms with E-state index in [4.69, 9.17) is 16.3 Å². The van der Waals surface area contributed by atoms with Crippen molar-refractivity contribution in [2.24, 2.45) is 23.7 Å². The summed E-state index contributed by atoms with van der Waals surface area (Å²) in [7, 11) is 1.38. The number of hydrogen-bond acceptors (Lipinski definition) is 9. The third-order valence-electron chi connectivity index (χ3n) is 11.3. The monoisotopic (exact) mass is 732 g/mol. The van der Waals surface area contributed by atoms with Crippen molar-refractivity contribution < 1.29 is 33.9 Å². The highest BCUT2D eigenvalue weighted by Crippen LogP contribution is 2.64. The van der Waals surface area contributed by atoms with Crippen LogP contribution in [0.2, 0.25) is 5.02 Å². The predicted molar refractivity (Wildman–Crippen MR) is 194 cm³/mol. The first-order valence-electron chi connectivity index (χ1n) is 17.1. The predicted octanol–water partition coefficient (Wildman–Crippen LogP) is 6.46. The fraction of sp³-hybridized carbons (Fsp3) is 0.250. The van der Waals surface area contributed by atoms with E-state index in [2.05, 4.69) is 5.43 Å². The van der Waals surface area contributed by atoms with Crippen LogP contribution in [0.3, 0.4) is 0 Å². The standard InChI is InChI=1S/C40H33ClN4O8/c1-21-11-13-24(14-12-21)42-44-37(48)30-20-29-27(15-16-28-33(29)38(49)43(36(28)47)25-9-6-10-26(19-25)45(51)52)34(22-17-31(41)35(46)32(18-22)53-2)40(30,39(44)50)23-7-4-3-5-8-23/h3-15,17-19,28-30,33-34,42,46H,16,20H2,1-2H3. The van der Waals surface area contributed by atoms with Gasteiger partial charge in [-0.2, -0.15) is 5.01 Å². The Bertz CT molecular complexity index is 2260. The van der Waals surface area contributed by atoms with E-state index in [0.29, 0.717) is 22.4 Å². The van der Waals surface area contributed by atoms with Crippen molar-refractivity contribution in [3.8, 4) is 11.5 Å².